The highest BCUT2D eigenvalue weighted by molar-refractivity contribution is 7.92. The van der Waals surface area contributed by atoms with Crippen LogP contribution < -0.4 is 0 Å². The summed E-state index contributed by atoms with van der Waals surface area (Å²) in [6.45, 7) is 1.48. The fraction of sp³-hybridized carbons (Fsp3) is 0.467. The standard InChI is InChI=1S/C15H15F2N3O3S/c16-10-1-2-11(12(17)5-10)15-18-14(19-23-15)8-20-6-9-3-4-24(21,22)13(9)7-20/h1-2,5,9,13H,3-4,6-8H2/t9-,13+/m0/s1. The summed E-state index contributed by atoms with van der Waals surface area (Å²) in [7, 11) is -2.99. The minimum atomic E-state index is -2.99. The Bertz CT molecular complexity index is 884. The minimum Gasteiger partial charge on any atom is -0.334 e. The molecule has 1 aromatic heterocycles. The van der Waals surface area contributed by atoms with Gasteiger partial charge in [-0.2, -0.15) is 4.98 Å². The topological polar surface area (TPSA) is 76.3 Å². The lowest BCUT2D eigenvalue weighted by molar-refractivity contribution is 0.298. The van der Waals surface area contributed by atoms with Gasteiger partial charge in [0.25, 0.3) is 5.89 Å². The van der Waals surface area contributed by atoms with Gasteiger partial charge in [0.1, 0.15) is 11.6 Å². The molecule has 0 saturated carbocycles. The van der Waals surface area contributed by atoms with Crippen LogP contribution in [0.15, 0.2) is 22.7 Å². The molecule has 2 aliphatic heterocycles. The van der Waals surface area contributed by atoms with Crippen LogP contribution in [0.5, 0.6) is 0 Å². The SMILES string of the molecule is O=S1(=O)CC[C@H]2CN(Cc3noc(-c4ccc(F)cc4F)n3)C[C@H]21. The smallest absolute Gasteiger partial charge is 0.260 e. The maximum absolute atomic E-state index is 13.7. The van der Waals surface area contributed by atoms with Crippen molar-refractivity contribution in [2.24, 2.45) is 5.92 Å². The second-order valence-corrected chi connectivity index (χ2v) is 8.63. The monoisotopic (exact) mass is 355 g/mol. The van der Waals surface area contributed by atoms with E-state index < -0.39 is 21.5 Å². The molecule has 2 atom stereocenters. The molecule has 24 heavy (non-hydrogen) atoms. The summed E-state index contributed by atoms with van der Waals surface area (Å²) in [6, 6.07) is 3.12. The lowest BCUT2D eigenvalue weighted by Crippen LogP contribution is -2.26. The average Bonchev–Trinajstić information content (AvgIpc) is 3.18. The molecule has 0 N–H and O–H groups in total. The maximum Gasteiger partial charge on any atom is 0.260 e. The summed E-state index contributed by atoms with van der Waals surface area (Å²) in [4.78, 5) is 6.11. The van der Waals surface area contributed by atoms with Crippen LogP contribution >= 0.6 is 0 Å². The third-order valence-corrected chi connectivity index (χ3v) is 6.95. The van der Waals surface area contributed by atoms with Crippen molar-refractivity contribution in [1.29, 1.82) is 0 Å². The fourth-order valence-corrected chi connectivity index (χ4v) is 5.68. The molecule has 0 aliphatic carbocycles. The summed E-state index contributed by atoms with van der Waals surface area (Å²) in [5.74, 6) is -0.684. The number of likely N-dealkylation sites (tertiary alicyclic amines) is 1. The largest absolute Gasteiger partial charge is 0.334 e. The van der Waals surface area contributed by atoms with Gasteiger partial charge in [-0.3, -0.25) is 4.90 Å². The zero-order valence-electron chi connectivity index (χ0n) is 12.7. The van der Waals surface area contributed by atoms with Crippen LogP contribution in [0.2, 0.25) is 0 Å². The Labute approximate surface area is 137 Å². The van der Waals surface area contributed by atoms with E-state index in [0.717, 1.165) is 12.1 Å². The normalized spacial score (nSPS) is 25.9. The lowest BCUT2D eigenvalue weighted by atomic mass is 10.1. The first-order valence-corrected chi connectivity index (χ1v) is 9.36. The van der Waals surface area contributed by atoms with Gasteiger partial charge in [-0.1, -0.05) is 5.16 Å². The third-order valence-electron chi connectivity index (χ3n) is 4.69. The quantitative estimate of drug-likeness (QED) is 0.833. The zero-order chi connectivity index (χ0) is 16.9. The molecule has 0 spiro atoms. The van der Waals surface area contributed by atoms with Crippen molar-refractivity contribution in [2.45, 2.75) is 18.2 Å². The Kier molecular flexibility index (Phi) is 3.65. The predicted octanol–water partition coefficient (Wildman–Crippen LogP) is 1.63. The molecule has 2 fully saturated rings. The Morgan fingerprint density at radius 2 is 2.12 bits per heavy atom. The summed E-state index contributed by atoms with van der Waals surface area (Å²) in [6.07, 6.45) is 0.696. The van der Waals surface area contributed by atoms with Gasteiger partial charge in [-0.15, -0.1) is 0 Å². The first-order chi connectivity index (χ1) is 11.4. The van der Waals surface area contributed by atoms with Gasteiger partial charge in [-0.05, 0) is 24.5 Å². The molecule has 0 radical (unpaired) electrons. The van der Waals surface area contributed by atoms with E-state index in [1.807, 2.05) is 4.90 Å². The van der Waals surface area contributed by atoms with Gasteiger partial charge >= 0.3 is 0 Å². The molecule has 3 heterocycles. The molecule has 6 nitrogen and oxygen atoms in total. The molecule has 0 amide bonds. The highest BCUT2D eigenvalue weighted by atomic mass is 32.2. The fourth-order valence-electron chi connectivity index (χ4n) is 3.50. The van der Waals surface area contributed by atoms with Crippen molar-refractivity contribution in [2.75, 3.05) is 18.8 Å². The van der Waals surface area contributed by atoms with E-state index >= 15 is 0 Å². The third kappa shape index (κ3) is 2.71. The van der Waals surface area contributed by atoms with E-state index in [2.05, 4.69) is 10.1 Å². The summed E-state index contributed by atoms with van der Waals surface area (Å²) >= 11 is 0. The minimum absolute atomic E-state index is 0.0190. The highest BCUT2D eigenvalue weighted by Gasteiger charge is 2.46. The molecule has 128 valence electrons. The van der Waals surface area contributed by atoms with Crippen LogP contribution in [0.1, 0.15) is 12.2 Å². The van der Waals surface area contributed by atoms with Gasteiger partial charge < -0.3 is 4.52 Å². The van der Waals surface area contributed by atoms with E-state index in [1.165, 1.54) is 6.07 Å². The van der Waals surface area contributed by atoms with E-state index in [0.29, 0.717) is 31.9 Å². The molecular weight excluding hydrogens is 340 g/mol. The summed E-state index contributed by atoms with van der Waals surface area (Å²) in [5, 5.41) is 3.51. The Hall–Kier alpha value is -1.87. The Balaban J connectivity index is 1.49. The molecule has 1 aromatic carbocycles. The second kappa shape index (κ2) is 5.59. The number of hydrogen-bond donors (Lipinski definition) is 0. The van der Waals surface area contributed by atoms with E-state index in [-0.39, 0.29) is 28.4 Å². The summed E-state index contributed by atoms with van der Waals surface area (Å²) < 4.78 is 55.6. The van der Waals surface area contributed by atoms with Crippen molar-refractivity contribution in [3.8, 4) is 11.5 Å². The average molecular weight is 355 g/mol. The van der Waals surface area contributed by atoms with Gasteiger partial charge in [-0.25, -0.2) is 17.2 Å². The molecular formula is C15H15F2N3O3S. The summed E-state index contributed by atoms with van der Waals surface area (Å²) in [5.41, 5.74) is 0.0380. The van der Waals surface area contributed by atoms with Crippen LogP contribution in [0.4, 0.5) is 8.78 Å². The van der Waals surface area contributed by atoms with Gasteiger partial charge in [0, 0.05) is 19.2 Å². The maximum atomic E-state index is 13.7. The molecule has 0 bridgehead atoms. The molecule has 9 heteroatoms. The van der Waals surface area contributed by atoms with Crippen LogP contribution in [0, 0.1) is 17.6 Å². The number of rotatable bonds is 3. The van der Waals surface area contributed by atoms with Crippen LogP contribution in [0.25, 0.3) is 11.5 Å². The molecule has 0 unspecified atom stereocenters. The molecule has 2 aliphatic rings. The molecule has 2 saturated heterocycles. The number of nitrogens with zero attached hydrogens (tertiary/aromatic N) is 3. The van der Waals surface area contributed by atoms with Crippen molar-refractivity contribution < 1.29 is 21.7 Å². The molecule has 2 aromatic rings. The Morgan fingerprint density at radius 3 is 2.88 bits per heavy atom. The second-order valence-electron chi connectivity index (χ2n) is 6.29. The van der Waals surface area contributed by atoms with E-state index in [1.54, 1.807) is 0 Å². The zero-order valence-corrected chi connectivity index (χ0v) is 13.5. The number of fused-ring (bicyclic) bond motifs is 1. The number of hydrogen-bond acceptors (Lipinski definition) is 6. The van der Waals surface area contributed by atoms with Crippen molar-refractivity contribution in [1.82, 2.24) is 15.0 Å². The van der Waals surface area contributed by atoms with Crippen LogP contribution in [-0.4, -0.2) is 47.6 Å². The van der Waals surface area contributed by atoms with E-state index in [9.17, 15) is 17.2 Å². The van der Waals surface area contributed by atoms with Crippen molar-refractivity contribution in [3.63, 3.8) is 0 Å². The number of aromatic nitrogens is 2. The number of halogens is 2. The lowest BCUT2D eigenvalue weighted by Gasteiger charge is -2.13. The van der Waals surface area contributed by atoms with Crippen LogP contribution in [0.3, 0.4) is 0 Å². The number of sulfone groups is 1. The number of benzene rings is 1. The van der Waals surface area contributed by atoms with Gasteiger partial charge in [0.05, 0.1) is 23.1 Å². The van der Waals surface area contributed by atoms with Gasteiger partial charge in [0.2, 0.25) is 0 Å². The van der Waals surface area contributed by atoms with E-state index in [4.69, 9.17) is 4.52 Å². The predicted molar refractivity (Wildman–Crippen MR) is 80.6 cm³/mol. The van der Waals surface area contributed by atoms with Crippen molar-refractivity contribution >= 4 is 9.84 Å². The first kappa shape index (κ1) is 15.6. The first-order valence-electron chi connectivity index (χ1n) is 7.64. The van der Waals surface area contributed by atoms with Gasteiger partial charge in [0.15, 0.2) is 15.7 Å². The van der Waals surface area contributed by atoms with Crippen LogP contribution in [-0.2, 0) is 16.4 Å². The molecule has 4 rings (SSSR count). The highest BCUT2D eigenvalue weighted by Crippen LogP contribution is 2.34. The Morgan fingerprint density at radius 1 is 1.29 bits per heavy atom. The van der Waals surface area contributed by atoms with Crippen molar-refractivity contribution in [3.05, 3.63) is 35.7 Å².